The number of methoxy groups -OCH3 is 1. The Morgan fingerprint density at radius 2 is 2.19 bits per heavy atom. The number of aromatic carboxylic acids is 1. The minimum Gasteiger partial charge on any atom is -0.493 e. The lowest BCUT2D eigenvalue weighted by Crippen LogP contribution is -2.19. The lowest BCUT2D eigenvalue weighted by molar-refractivity contribution is 0.0694. The molecule has 3 rings (SSSR count). The van der Waals surface area contributed by atoms with Crippen molar-refractivity contribution < 1.29 is 24.1 Å². The lowest BCUT2D eigenvalue weighted by atomic mass is 10.0. The summed E-state index contributed by atoms with van der Waals surface area (Å²) in [5.74, 6) is -0.0267. The number of hydrogen-bond donors (Lipinski definition) is 1. The summed E-state index contributed by atoms with van der Waals surface area (Å²) in [6.45, 7) is 5.70. The lowest BCUT2D eigenvalue weighted by Gasteiger charge is -2.15. The third-order valence-corrected chi connectivity index (χ3v) is 4.31. The van der Waals surface area contributed by atoms with Gasteiger partial charge in [0.15, 0.2) is 5.43 Å². The van der Waals surface area contributed by atoms with Gasteiger partial charge in [-0.1, -0.05) is 12.7 Å². The van der Waals surface area contributed by atoms with E-state index in [4.69, 9.17) is 14.2 Å². The Balaban J connectivity index is 2.05. The van der Waals surface area contributed by atoms with E-state index < -0.39 is 11.4 Å². The zero-order valence-electron chi connectivity index (χ0n) is 15.1. The number of rotatable bonds is 7. The molecule has 1 aliphatic heterocycles. The van der Waals surface area contributed by atoms with Crippen LogP contribution in [0.4, 0.5) is 0 Å². The van der Waals surface area contributed by atoms with Crippen LogP contribution in [0.1, 0.15) is 22.3 Å². The van der Waals surface area contributed by atoms with Gasteiger partial charge in [0.2, 0.25) is 0 Å². The molecule has 0 spiro atoms. The third-order valence-electron chi connectivity index (χ3n) is 4.31. The first-order valence-corrected chi connectivity index (χ1v) is 8.58. The first-order chi connectivity index (χ1) is 13.0. The second kappa shape index (κ2) is 8.09. The van der Waals surface area contributed by atoms with Crippen LogP contribution in [0.15, 0.2) is 35.8 Å². The van der Waals surface area contributed by atoms with Gasteiger partial charge in [0, 0.05) is 49.6 Å². The molecule has 142 valence electrons. The maximum absolute atomic E-state index is 12.2. The van der Waals surface area contributed by atoms with Crippen LogP contribution in [-0.2, 0) is 11.3 Å². The molecular formula is C20H21NO6. The van der Waals surface area contributed by atoms with Gasteiger partial charge in [0.25, 0.3) is 0 Å². The van der Waals surface area contributed by atoms with Crippen molar-refractivity contribution in [3.05, 3.63) is 52.3 Å². The van der Waals surface area contributed by atoms with Crippen molar-refractivity contribution in [3.8, 4) is 22.8 Å². The first kappa shape index (κ1) is 18.7. The number of hydrogen-bond acceptors (Lipinski definition) is 5. The molecule has 2 aromatic rings. The van der Waals surface area contributed by atoms with Crippen LogP contribution in [0.5, 0.6) is 11.5 Å². The molecule has 0 saturated heterocycles. The highest BCUT2D eigenvalue weighted by atomic mass is 16.5. The smallest absolute Gasteiger partial charge is 0.341 e. The quantitative estimate of drug-likeness (QED) is 0.753. The molecular weight excluding hydrogens is 350 g/mol. The zero-order chi connectivity index (χ0) is 19.4. The summed E-state index contributed by atoms with van der Waals surface area (Å²) in [6, 6.07) is 4.96. The van der Waals surface area contributed by atoms with Gasteiger partial charge >= 0.3 is 5.97 Å². The van der Waals surface area contributed by atoms with Crippen molar-refractivity contribution in [2.24, 2.45) is 0 Å². The van der Waals surface area contributed by atoms with Gasteiger partial charge in [0.05, 0.1) is 18.8 Å². The molecule has 7 nitrogen and oxygen atoms in total. The predicted molar refractivity (Wildman–Crippen MR) is 101 cm³/mol. The summed E-state index contributed by atoms with van der Waals surface area (Å²) in [7, 11) is 1.64. The Morgan fingerprint density at radius 3 is 2.89 bits per heavy atom. The third kappa shape index (κ3) is 3.88. The van der Waals surface area contributed by atoms with Gasteiger partial charge in [-0.3, -0.25) is 4.79 Å². The van der Waals surface area contributed by atoms with Gasteiger partial charge in [-0.05, 0) is 6.07 Å². The summed E-state index contributed by atoms with van der Waals surface area (Å²) in [6.07, 6.45) is 3.79. The topological polar surface area (TPSA) is 87.0 Å². The molecule has 27 heavy (non-hydrogen) atoms. The van der Waals surface area contributed by atoms with Crippen molar-refractivity contribution >= 4 is 12.0 Å². The fraction of sp³-hybridized carbons (Fsp3) is 0.300. The van der Waals surface area contributed by atoms with Crippen molar-refractivity contribution in [2.75, 3.05) is 26.9 Å². The molecule has 1 N–H and O–H groups in total. The molecule has 0 saturated carbocycles. The van der Waals surface area contributed by atoms with E-state index in [1.165, 1.54) is 12.3 Å². The molecule has 0 bridgehead atoms. The summed E-state index contributed by atoms with van der Waals surface area (Å²) >= 11 is 0. The number of carbonyl (C=O) groups is 1. The highest BCUT2D eigenvalue weighted by molar-refractivity contribution is 5.88. The predicted octanol–water partition coefficient (Wildman–Crippen LogP) is 2.66. The van der Waals surface area contributed by atoms with E-state index >= 15 is 0 Å². The van der Waals surface area contributed by atoms with Gasteiger partial charge in [-0.2, -0.15) is 0 Å². The molecule has 0 radical (unpaired) electrons. The molecule has 0 aliphatic carbocycles. The average molecular weight is 371 g/mol. The Labute approximate surface area is 156 Å². The molecule has 2 heterocycles. The minimum atomic E-state index is -1.24. The van der Waals surface area contributed by atoms with Crippen molar-refractivity contribution in [3.63, 3.8) is 0 Å². The Hall–Kier alpha value is -3.06. The van der Waals surface area contributed by atoms with Gasteiger partial charge in [0.1, 0.15) is 23.7 Å². The Kier molecular flexibility index (Phi) is 5.61. The SMILES string of the molecule is C=Cc1cc2c(cc1OCCCOC)OCCn1cc(C(=O)O)c(=O)cc1-2. The number of aromatic nitrogens is 1. The number of benzene rings is 1. The van der Waals surface area contributed by atoms with Crippen LogP contribution in [-0.4, -0.2) is 42.6 Å². The molecule has 0 unspecified atom stereocenters. The van der Waals surface area contributed by atoms with E-state index in [0.29, 0.717) is 49.1 Å². The highest BCUT2D eigenvalue weighted by Gasteiger charge is 2.21. The normalized spacial score (nSPS) is 12.3. The van der Waals surface area contributed by atoms with Crippen LogP contribution >= 0.6 is 0 Å². The van der Waals surface area contributed by atoms with E-state index in [2.05, 4.69) is 6.58 Å². The monoisotopic (exact) mass is 371 g/mol. The summed E-state index contributed by atoms with van der Waals surface area (Å²) < 4.78 is 18.4. The summed E-state index contributed by atoms with van der Waals surface area (Å²) in [5.41, 5.74) is 1.26. The summed E-state index contributed by atoms with van der Waals surface area (Å²) in [5, 5.41) is 9.19. The average Bonchev–Trinajstić information content (AvgIpc) is 2.82. The van der Waals surface area contributed by atoms with E-state index in [9.17, 15) is 14.7 Å². The number of nitrogens with zero attached hydrogens (tertiary/aromatic N) is 1. The van der Waals surface area contributed by atoms with E-state index in [1.54, 1.807) is 23.8 Å². The largest absolute Gasteiger partial charge is 0.493 e. The second-order valence-corrected chi connectivity index (χ2v) is 6.07. The van der Waals surface area contributed by atoms with E-state index in [1.807, 2.05) is 6.07 Å². The van der Waals surface area contributed by atoms with Crippen LogP contribution < -0.4 is 14.9 Å². The standard InChI is InChI=1S/C20H21NO6/c1-3-13-9-14-16-10-17(22)15(20(23)24)12-21(16)5-8-27-19(14)11-18(13)26-7-4-6-25-2/h3,9-12H,1,4-8H2,2H3,(H,23,24). The molecule has 0 atom stereocenters. The van der Waals surface area contributed by atoms with Crippen molar-refractivity contribution in [2.45, 2.75) is 13.0 Å². The van der Waals surface area contributed by atoms with Crippen LogP contribution in [0.3, 0.4) is 0 Å². The fourth-order valence-corrected chi connectivity index (χ4v) is 2.97. The maximum Gasteiger partial charge on any atom is 0.341 e. The zero-order valence-corrected chi connectivity index (χ0v) is 15.1. The van der Waals surface area contributed by atoms with E-state index in [0.717, 1.165) is 12.0 Å². The number of carboxylic acid groups (broad SMARTS) is 1. The number of pyridine rings is 1. The van der Waals surface area contributed by atoms with Gasteiger partial charge < -0.3 is 23.9 Å². The van der Waals surface area contributed by atoms with Gasteiger partial charge in [-0.15, -0.1) is 0 Å². The Morgan fingerprint density at radius 1 is 1.37 bits per heavy atom. The second-order valence-electron chi connectivity index (χ2n) is 6.07. The number of fused-ring (bicyclic) bond motifs is 3. The van der Waals surface area contributed by atoms with Crippen molar-refractivity contribution in [1.82, 2.24) is 4.57 Å². The summed E-state index contributed by atoms with van der Waals surface area (Å²) in [4.78, 5) is 23.4. The Bertz CT molecular complexity index is 931. The van der Waals surface area contributed by atoms with Crippen LogP contribution in [0.25, 0.3) is 17.3 Å². The van der Waals surface area contributed by atoms with E-state index in [-0.39, 0.29) is 5.56 Å². The van der Waals surface area contributed by atoms with Crippen LogP contribution in [0, 0.1) is 0 Å². The highest BCUT2D eigenvalue weighted by Crippen LogP contribution is 2.38. The van der Waals surface area contributed by atoms with Gasteiger partial charge in [-0.25, -0.2) is 4.79 Å². The molecule has 1 aromatic heterocycles. The number of carboxylic acids is 1. The minimum absolute atomic E-state index is 0.260. The molecule has 7 heteroatoms. The fourth-order valence-electron chi connectivity index (χ4n) is 2.97. The molecule has 1 aromatic carbocycles. The maximum atomic E-state index is 12.2. The molecule has 0 fully saturated rings. The molecule has 1 aliphatic rings. The molecule has 0 amide bonds. The number of ether oxygens (including phenoxy) is 3. The van der Waals surface area contributed by atoms with Crippen LogP contribution in [0.2, 0.25) is 0 Å². The van der Waals surface area contributed by atoms with Crippen molar-refractivity contribution in [1.29, 1.82) is 0 Å². The first-order valence-electron chi connectivity index (χ1n) is 8.58.